The van der Waals surface area contributed by atoms with Gasteiger partial charge in [-0.15, -0.1) is 11.3 Å². The molecule has 1 unspecified atom stereocenters. The summed E-state index contributed by atoms with van der Waals surface area (Å²) in [5.74, 6) is -3.90. The Kier molecular flexibility index (Phi) is 4.18. The molecule has 3 N–H and O–H groups in total. The summed E-state index contributed by atoms with van der Waals surface area (Å²) in [5, 5.41) is 20.6. The number of carbonyl (C=O) groups excluding carboxylic acids is 1. The van der Waals surface area contributed by atoms with Gasteiger partial charge in [-0.3, -0.25) is 14.4 Å². The van der Waals surface area contributed by atoms with Crippen LogP contribution in [0.15, 0.2) is 18.2 Å². The predicted octanol–water partition coefficient (Wildman–Crippen LogP) is 1.30. The molecule has 0 spiro atoms. The number of rotatable bonds is 5. The quantitative estimate of drug-likeness (QED) is 0.766. The number of carboxylic acid groups (broad SMARTS) is 2. The molecule has 8 heteroatoms. The first kappa shape index (κ1) is 14.9. The Morgan fingerprint density at radius 3 is 2.62 bits per heavy atom. The van der Waals surface area contributed by atoms with Crippen molar-refractivity contribution in [1.29, 1.82) is 0 Å². The molecule has 0 radical (unpaired) electrons. The van der Waals surface area contributed by atoms with Crippen molar-refractivity contribution in [3.05, 3.63) is 28.8 Å². The molecule has 0 saturated heterocycles. The van der Waals surface area contributed by atoms with E-state index in [-0.39, 0.29) is 10.9 Å². The molecule has 0 aliphatic rings. The summed E-state index contributed by atoms with van der Waals surface area (Å²) in [6, 6.07) is 4.82. The van der Waals surface area contributed by atoms with Crippen LogP contribution in [-0.2, 0) is 9.59 Å². The molecular weight excluding hydrogens is 296 g/mol. The smallest absolute Gasteiger partial charge is 0.314 e. The van der Waals surface area contributed by atoms with E-state index >= 15 is 0 Å². The third-order valence-corrected chi connectivity index (χ3v) is 4.02. The summed E-state index contributed by atoms with van der Waals surface area (Å²) in [6.45, 7) is 0. The largest absolute Gasteiger partial charge is 0.481 e. The molecule has 1 aromatic carbocycles. The molecule has 7 nitrogen and oxygen atoms in total. The van der Waals surface area contributed by atoms with Crippen molar-refractivity contribution in [1.82, 2.24) is 10.3 Å². The molecule has 0 saturated carbocycles. The van der Waals surface area contributed by atoms with Gasteiger partial charge in [0.1, 0.15) is 10.9 Å². The van der Waals surface area contributed by atoms with E-state index in [1.165, 1.54) is 7.05 Å². The number of aromatic nitrogens is 1. The minimum absolute atomic E-state index is 0.217. The number of fused-ring (bicyclic) bond motifs is 1. The first-order valence-corrected chi connectivity index (χ1v) is 6.81. The SMILES string of the molecule is CNC(=O)c1ccc2sc(C(CC(=O)O)C(=O)O)nc2c1. The number of nitrogens with one attached hydrogen (secondary N) is 1. The summed E-state index contributed by atoms with van der Waals surface area (Å²) in [7, 11) is 1.51. The molecule has 2 aromatic rings. The van der Waals surface area contributed by atoms with Crippen LogP contribution in [0.3, 0.4) is 0 Å². The molecule has 1 aromatic heterocycles. The molecule has 2 rings (SSSR count). The van der Waals surface area contributed by atoms with E-state index in [2.05, 4.69) is 10.3 Å². The van der Waals surface area contributed by atoms with Crippen molar-refractivity contribution in [2.75, 3.05) is 7.05 Å². The van der Waals surface area contributed by atoms with Gasteiger partial charge in [0.15, 0.2) is 0 Å². The van der Waals surface area contributed by atoms with E-state index in [9.17, 15) is 14.4 Å². The lowest BCUT2D eigenvalue weighted by Crippen LogP contribution is -2.17. The number of carboxylic acids is 2. The van der Waals surface area contributed by atoms with Crippen LogP contribution in [-0.4, -0.2) is 40.1 Å². The van der Waals surface area contributed by atoms with Crippen molar-refractivity contribution in [3.8, 4) is 0 Å². The summed E-state index contributed by atoms with van der Waals surface area (Å²) in [6.07, 6.45) is -0.530. The highest BCUT2D eigenvalue weighted by molar-refractivity contribution is 7.18. The molecule has 21 heavy (non-hydrogen) atoms. The highest BCUT2D eigenvalue weighted by Crippen LogP contribution is 2.30. The zero-order valence-corrected chi connectivity index (χ0v) is 11.8. The number of hydrogen-bond donors (Lipinski definition) is 3. The van der Waals surface area contributed by atoms with E-state index in [0.29, 0.717) is 15.8 Å². The molecular formula is C13H12N2O5S. The highest BCUT2D eigenvalue weighted by Gasteiger charge is 2.26. The summed E-state index contributed by atoms with van der Waals surface area (Å²) in [4.78, 5) is 37.6. The molecule has 0 aliphatic heterocycles. The fourth-order valence-electron chi connectivity index (χ4n) is 1.83. The minimum atomic E-state index is -1.23. The third kappa shape index (κ3) is 3.16. The van der Waals surface area contributed by atoms with Gasteiger partial charge < -0.3 is 15.5 Å². The number of benzene rings is 1. The predicted molar refractivity (Wildman–Crippen MR) is 75.6 cm³/mol. The molecule has 1 amide bonds. The molecule has 1 atom stereocenters. The fourth-order valence-corrected chi connectivity index (χ4v) is 2.88. The van der Waals surface area contributed by atoms with Gasteiger partial charge in [-0.05, 0) is 18.2 Å². The maximum absolute atomic E-state index is 11.5. The number of carbonyl (C=O) groups is 3. The lowest BCUT2D eigenvalue weighted by atomic mass is 10.1. The average molecular weight is 308 g/mol. The van der Waals surface area contributed by atoms with Gasteiger partial charge in [-0.1, -0.05) is 0 Å². The summed E-state index contributed by atoms with van der Waals surface area (Å²) < 4.78 is 0.703. The van der Waals surface area contributed by atoms with Crippen molar-refractivity contribution < 1.29 is 24.6 Å². The Balaban J connectivity index is 2.43. The van der Waals surface area contributed by atoms with E-state index in [0.717, 1.165) is 11.3 Å². The van der Waals surface area contributed by atoms with Gasteiger partial charge in [-0.25, -0.2) is 4.98 Å². The zero-order chi connectivity index (χ0) is 15.6. The Morgan fingerprint density at radius 2 is 2.05 bits per heavy atom. The van der Waals surface area contributed by atoms with Gasteiger partial charge in [0, 0.05) is 12.6 Å². The highest BCUT2D eigenvalue weighted by atomic mass is 32.1. The topological polar surface area (TPSA) is 117 Å². The maximum Gasteiger partial charge on any atom is 0.314 e. The normalized spacial score (nSPS) is 12.0. The minimum Gasteiger partial charge on any atom is -0.481 e. The number of amides is 1. The lowest BCUT2D eigenvalue weighted by Gasteiger charge is -2.04. The fraction of sp³-hybridized carbons (Fsp3) is 0.231. The van der Waals surface area contributed by atoms with Crippen LogP contribution in [0.4, 0.5) is 0 Å². The van der Waals surface area contributed by atoms with Crippen molar-refractivity contribution in [2.45, 2.75) is 12.3 Å². The third-order valence-electron chi connectivity index (χ3n) is 2.87. The van der Waals surface area contributed by atoms with Crippen molar-refractivity contribution in [2.24, 2.45) is 0 Å². The Bertz CT molecular complexity index is 724. The number of aliphatic carboxylic acids is 2. The van der Waals surface area contributed by atoms with Gasteiger partial charge in [0.2, 0.25) is 0 Å². The second-order valence-corrected chi connectivity index (χ2v) is 5.36. The molecule has 0 bridgehead atoms. The Morgan fingerprint density at radius 1 is 1.33 bits per heavy atom. The average Bonchev–Trinajstić information content (AvgIpc) is 2.85. The van der Waals surface area contributed by atoms with Crippen LogP contribution in [0.1, 0.15) is 27.7 Å². The first-order chi connectivity index (χ1) is 9.92. The summed E-state index contributed by atoms with van der Waals surface area (Å²) >= 11 is 1.12. The van der Waals surface area contributed by atoms with Crippen LogP contribution in [0.2, 0.25) is 0 Å². The van der Waals surface area contributed by atoms with Crippen LogP contribution >= 0.6 is 11.3 Å². The monoisotopic (exact) mass is 308 g/mol. The van der Waals surface area contributed by atoms with Gasteiger partial charge in [0.25, 0.3) is 5.91 Å². The van der Waals surface area contributed by atoms with Crippen molar-refractivity contribution >= 4 is 39.4 Å². The van der Waals surface area contributed by atoms with E-state index in [4.69, 9.17) is 10.2 Å². The number of hydrogen-bond acceptors (Lipinski definition) is 5. The Hall–Kier alpha value is -2.48. The first-order valence-electron chi connectivity index (χ1n) is 5.99. The molecule has 1 heterocycles. The van der Waals surface area contributed by atoms with E-state index in [1.807, 2.05) is 0 Å². The van der Waals surface area contributed by atoms with Crippen molar-refractivity contribution in [3.63, 3.8) is 0 Å². The Labute approximate surface area is 123 Å². The van der Waals surface area contributed by atoms with E-state index in [1.54, 1.807) is 18.2 Å². The standard InChI is InChI=1S/C13H12N2O5S/c1-14-11(18)6-2-3-9-8(4-6)15-12(21-9)7(13(19)20)5-10(16)17/h2-4,7H,5H2,1H3,(H,14,18)(H,16,17)(H,19,20). The van der Waals surface area contributed by atoms with Crippen LogP contribution < -0.4 is 5.32 Å². The number of thiazole rings is 1. The molecule has 0 fully saturated rings. The number of nitrogens with zero attached hydrogens (tertiary/aromatic N) is 1. The van der Waals surface area contributed by atoms with Gasteiger partial charge in [-0.2, -0.15) is 0 Å². The maximum atomic E-state index is 11.5. The lowest BCUT2D eigenvalue weighted by molar-refractivity contribution is -0.145. The molecule has 0 aliphatic carbocycles. The van der Waals surface area contributed by atoms with Crippen LogP contribution in [0.25, 0.3) is 10.2 Å². The van der Waals surface area contributed by atoms with Crippen LogP contribution in [0, 0.1) is 0 Å². The second-order valence-electron chi connectivity index (χ2n) is 4.30. The zero-order valence-electron chi connectivity index (χ0n) is 11.0. The van der Waals surface area contributed by atoms with Gasteiger partial charge >= 0.3 is 11.9 Å². The summed E-state index contributed by atoms with van der Waals surface area (Å²) in [5.41, 5.74) is 0.889. The van der Waals surface area contributed by atoms with Crippen LogP contribution in [0.5, 0.6) is 0 Å². The second kappa shape index (κ2) is 5.88. The van der Waals surface area contributed by atoms with Gasteiger partial charge in [0.05, 0.1) is 16.6 Å². The molecule has 110 valence electrons. The van der Waals surface area contributed by atoms with E-state index < -0.39 is 24.3 Å².